The van der Waals surface area contributed by atoms with Gasteiger partial charge in [0.2, 0.25) is 11.8 Å². The summed E-state index contributed by atoms with van der Waals surface area (Å²) in [5.74, 6) is -1.28. The number of ketones is 1. The van der Waals surface area contributed by atoms with Gasteiger partial charge in [0.1, 0.15) is 0 Å². The van der Waals surface area contributed by atoms with Crippen molar-refractivity contribution in [2.75, 3.05) is 18.5 Å². The Kier molecular flexibility index (Phi) is 11.2. The summed E-state index contributed by atoms with van der Waals surface area (Å²) >= 11 is 0. The van der Waals surface area contributed by atoms with Crippen molar-refractivity contribution in [1.29, 1.82) is 0 Å². The van der Waals surface area contributed by atoms with Crippen LogP contribution in [0.1, 0.15) is 52.5 Å². The molecule has 162 valence electrons. The third-order valence-corrected chi connectivity index (χ3v) is 4.51. The summed E-state index contributed by atoms with van der Waals surface area (Å²) in [6.45, 7) is 8.28. The summed E-state index contributed by atoms with van der Waals surface area (Å²) in [6, 6.07) is 6.22. The molecule has 0 saturated carbocycles. The van der Waals surface area contributed by atoms with Gasteiger partial charge in [0.05, 0.1) is 19.3 Å². The van der Waals surface area contributed by atoms with E-state index in [0.717, 1.165) is 12.0 Å². The minimum Gasteiger partial charge on any atom is -0.392 e. The maximum absolute atomic E-state index is 12.7. The van der Waals surface area contributed by atoms with E-state index in [1.165, 1.54) is 0 Å². The Labute approximate surface area is 173 Å². The smallest absolute Gasteiger partial charge is 0.227 e. The molecule has 2 amide bonds. The van der Waals surface area contributed by atoms with Gasteiger partial charge in [-0.15, -0.1) is 0 Å². The lowest BCUT2D eigenvalue weighted by Crippen LogP contribution is -2.45. The average Bonchev–Trinajstić information content (AvgIpc) is 2.69. The minimum absolute atomic E-state index is 0.0377. The predicted octanol–water partition coefficient (Wildman–Crippen LogP) is 2.67. The van der Waals surface area contributed by atoms with Crippen LogP contribution < -0.4 is 10.6 Å². The highest BCUT2D eigenvalue weighted by Gasteiger charge is 2.27. The molecule has 7 nitrogen and oxygen atoms in total. The molecule has 7 heteroatoms. The van der Waals surface area contributed by atoms with Crippen LogP contribution in [0.25, 0.3) is 0 Å². The second-order valence-corrected chi connectivity index (χ2v) is 7.57. The Morgan fingerprint density at radius 1 is 1.07 bits per heavy atom. The van der Waals surface area contributed by atoms with Gasteiger partial charge >= 0.3 is 0 Å². The minimum atomic E-state index is -0.632. The zero-order chi connectivity index (χ0) is 21.8. The molecule has 0 saturated heterocycles. The predicted molar refractivity (Wildman–Crippen MR) is 112 cm³/mol. The van der Waals surface area contributed by atoms with Crippen molar-refractivity contribution in [2.45, 2.75) is 59.6 Å². The van der Waals surface area contributed by atoms with E-state index >= 15 is 0 Å². The van der Waals surface area contributed by atoms with Crippen LogP contribution in [0, 0.1) is 11.8 Å². The van der Waals surface area contributed by atoms with E-state index in [2.05, 4.69) is 10.6 Å². The fourth-order valence-electron chi connectivity index (χ4n) is 2.76. The van der Waals surface area contributed by atoms with Crippen LogP contribution in [-0.2, 0) is 25.7 Å². The van der Waals surface area contributed by atoms with E-state index in [4.69, 9.17) is 9.84 Å². The molecule has 1 aromatic rings. The maximum Gasteiger partial charge on any atom is 0.227 e. The summed E-state index contributed by atoms with van der Waals surface area (Å²) in [5.41, 5.74) is 1.36. The van der Waals surface area contributed by atoms with E-state index in [1.54, 1.807) is 31.2 Å². The fourth-order valence-corrected chi connectivity index (χ4v) is 2.76. The van der Waals surface area contributed by atoms with Crippen LogP contribution in [0.3, 0.4) is 0 Å². The molecule has 0 aliphatic carbocycles. The van der Waals surface area contributed by atoms with Crippen molar-refractivity contribution in [3.63, 3.8) is 0 Å². The van der Waals surface area contributed by atoms with Crippen molar-refractivity contribution in [3.8, 4) is 0 Å². The van der Waals surface area contributed by atoms with Crippen LogP contribution in [-0.4, -0.2) is 42.0 Å². The van der Waals surface area contributed by atoms with E-state index in [0.29, 0.717) is 18.9 Å². The largest absolute Gasteiger partial charge is 0.392 e. The molecule has 0 unspecified atom stereocenters. The number of rotatable bonds is 13. The topological polar surface area (TPSA) is 105 Å². The number of aliphatic hydroxyl groups is 1. The number of carbonyl (C=O) groups excluding carboxylic acids is 3. The number of anilines is 1. The van der Waals surface area contributed by atoms with Gasteiger partial charge < -0.3 is 20.5 Å². The normalized spacial score (nSPS) is 13.0. The van der Waals surface area contributed by atoms with Crippen molar-refractivity contribution in [3.05, 3.63) is 29.8 Å². The summed E-state index contributed by atoms with van der Waals surface area (Å²) < 4.78 is 5.31. The summed E-state index contributed by atoms with van der Waals surface area (Å²) in [7, 11) is 0. The maximum atomic E-state index is 12.7. The van der Waals surface area contributed by atoms with Gasteiger partial charge in [-0.2, -0.15) is 0 Å². The van der Waals surface area contributed by atoms with E-state index < -0.39 is 12.0 Å². The molecule has 0 aromatic heterocycles. The third kappa shape index (κ3) is 9.19. The first-order valence-electron chi connectivity index (χ1n) is 10.2. The van der Waals surface area contributed by atoms with Gasteiger partial charge in [-0.25, -0.2) is 0 Å². The van der Waals surface area contributed by atoms with E-state index in [1.807, 2.05) is 20.8 Å². The lowest BCUT2D eigenvalue weighted by Gasteiger charge is -2.22. The molecule has 1 aromatic carbocycles. The molecule has 0 fully saturated rings. The lowest BCUT2D eigenvalue weighted by atomic mass is 9.92. The molecule has 0 spiro atoms. The van der Waals surface area contributed by atoms with Crippen LogP contribution in [0.5, 0.6) is 0 Å². The number of benzene rings is 1. The van der Waals surface area contributed by atoms with E-state index in [-0.39, 0.29) is 43.0 Å². The van der Waals surface area contributed by atoms with Crippen molar-refractivity contribution < 1.29 is 24.2 Å². The molecule has 2 atom stereocenters. The number of amides is 2. The number of carbonyl (C=O) groups is 3. The lowest BCUT2D eigenvalue weighted by molar-refractivity contribution is -0.131. The van der Waals surface area contributed by atoms with Crippen molar-refractivity contribution in [2.24, 2.45) is 11.8 Å². The number of hydrogen-bond acceptors (Lipinski definition) is 5. The molecule has 0 heterocycles. The fraction of sp³-hybridized carbons (Fsp3) is 0.591. The Balaban J connectivity index is 2.56. The number of ether oxygens (including phenoxy) is 1. The molecule has 0 radical (unpaired) electrons. The number of hydrogen-bond donors (Lipinski definition) is 3. The van der Waals surface area contributed by atoms with Gasteiger partial charge in [0.25, 0.3) is 0 Å². The quantitative estimate of drug-likeness (QED) is 0.437. The molecule has 0 aliphatic rings. The summed E-state index contributed by atoms with van der Waals surface area (Å²) in [6.07, 6.45) is 1.13. The standard InChI is InChI=1S/C22H34N2O5/c1-5-11-29-12-10-20(27)24-21(15(2)3)19(26)13-16(4)22(28)23-18-8-6-17(14-25)7-9-18/h6-9,15-16,21,25H,5,10-14H2,1-4H3,(H,23,28)(H,24,27)/t16-,21+/m1/s1. The Hall–Kier alpha value is -2.25. The molecule has 3 N–H and O–H groups in total. The highest BCUT2D eigenvalue weighted by Crippen LogP contribution is 2.15. The van der Waals surface area contributed by atoms with Crippen molar-refractivity contribution in [1.82, 2.24) is 5.32 Å². The highest BCUT2D eigenvalue weighted by molar-refractivity contribution is 5.97. The van der Waals surface area contributed by atoms with Gasteiger partial charge in [0.15, 0.2) is 5.78 Å². The highest BCUT2D eigenvalue weighted by atomic mass is 16.5. The number of nitrogens with one attached hydrogen (secondary N) is 2. The molecule has 0 aliphatic heterocycles. The van der Waals surface area contributed by atoms with E-state index in [9.17, 15) is 14.4 Å². The zero-order valence-electron chi connectivity index (χ0n) is 17.9. The Morgan fingerprint density at radius 2 is 1.72 bits per heavy atom. The Bertz CT molecular complexity index is 658. The summed E-state index contributed by atoms with van der Waals surface area (Å²) in [5, 5.41) is 14.6. The molecule has 29 heavy (non-hydrogen) atoms. The number of aliphatic hydroxyl groups excluding tert-OH is 1. The van der Waals surface area contributed by atoms with Gasteiger partial charge in [0, 0.05) is 31.1 Å². The second kappa shape index (κ2) is 13.1. The SMILES string of the molecule is CCCOCCC(=O)N[C@H](C(=O)C[C@@H](C)C(=O)Nc1ccc(CO)cc1)C(C)C. The van der Waals surface area contributed by atoms with Gasteiger partial charge in [-0.1, -0.05) is 39.8 Å². The van der Waals surface area contributed by atoms with Gasteiger partial charge in [-0.05, 0) is 30.0 Å². The summed E-state index contributed by atoms with van der Waals surface area (Å²) in [4.78, 5) is 37.2. The molecular weight excluding hydrogens is 372 g/mol. The van der Waals surface area contributed by atoms with Crippen LogP contribution >= 0.6 is 0 Å². The third-order valence-electron chi connectivity index (χ3n) is 4.51. The second-order valence-electron chi connectivity index (χ2n) is 7.57. The zero-order valence-corrected chi connectivity index (χ0v) is 17.9. The van der Waals surface area contributed by atoms with Crippen molar-refractivity contribution >= 4 is 23.3 Å². The monoisotopic (exact) mass is 406 g/mol. The number of Topliss-reactive ketones (excluding diaryl/α,β-unsaturated/α-hetero) is 1. The molecule has 1 rings (SSSR count). The first kappa shape index (κ1) is 24.8. The Morgan fingerprint density at radius 3 is 2.28 bits per heavy atom. The van der Waals surface area contributed by atoms with Gasteiger partial charge in [-0.3, -0.25) is 14.4 Å². The van der Waals surface area contributed by atoms with Crippen LogP contribution in [0.15, 0.2) is 24.3 Å². The van der Waals surface area contributed by atoms with Crippen LogP contribution in [0.4, 0.5) is 5.69 Å². The molecule has 0 bridgehead atoms. The van der Waals surface area contributed by atoms with Crippen LogP contribution in [0.2, 0.25) is 0 Å². The average molecular weight is 407 g/mol. The molecular formula is C22H34N2O5. The first-order chi connectivity index (χ1) is 13.8. The first-order valence-corrected chi connectivity index (χ1v) is 10.2.